The molecule has 2 rings (SSSR count). The maximum absolute atomic E-state index is 13.3. The lowest BCUT2D eigenvalue weighted by atomic mass is 10.0. The van der Waals surface area contributed by atoms with E-state index in [2.05, 4.69) is 44.7 Å². The summed E-state index contributed by atoms with van der Waals surface area (Å²) < 4.78 is 17.9. The molecule has 1 heterocycles. The zero-order chi connectivity index (χ0) is 15.2. The first-order valence-corrected chi connectivity index (χ1v) is 8.70. The van der Waals surface area contributed by atoms with Crippen molar-refractivity contribution in [2.75, 3.05) is 6.54 Å². The molecule has 114 valence electrons. The van der Waals surface area contributed by atoms with E-state index in [4.69, 9.17) is 0 Å². The van der Waals surface area contributed by atoms with Crippen molar-refractivity contribution in [2.45, 2.75) is 39.2 Å². The topological polar surface area (TPSA) is 37.8 Å². The molecule has 0 aliphatic carbocycles. The second-order valence-electron chi connectivity index (χ2n) is 4.90. The fraction of sp³-hybridized carbons (Fsp3) is 0.467. The highest BCUT2D eigenvalue weighted by Gasteiger charge is 2.19. The molecule has 2 aromatic rings. The molecule has 0 saturated heterocycles. The molecule has 0 fully saturated rings. The molecule has 1 atom stereocenters. The zero-order valence-electron chi connectivity index (χ0n) is 12.2. The lowest BCUT2D eigenvalue weighted by Crippen LogP contribution is -2.23. The first-order valence-electron chi connectivity index (χ1n) is 7.14. The highest BCUT2D eigenvalue weighted by atomic mass is 79.9. The normalized spacial score (nSPS) is 12.6. The average Bonchev–Trinajstić information content (AvgIpc) is 2.91. The summed E-state index contributed by atoms with van der Waals surface area (Å²) in [5.41, 5.74) is 2.17. The predicted molar refractivity (Wildman–Crippen MR) is 88.1 cm³/mol. The van der Waals surface area contributed by atoms with Crippen LogP contribution in [0.5, 0.6) is 0 Å². The molecule has 1 aromatic carbocycles. The Balaban J connectivity index is 2.22. The predicted octanol–water partition coefficient (Wildman–Crippen LogP) is 4.29. The van der Waals surface area contributed by atoms with E-state index in [1.165, 1.54) is 22.5 Å². The Hall–Kier alpha value is -0.850. The molecule has 1 N–H and O–H groups in total. The smallest absolute Gasteiger partial charge is 0.137 e. The van der Waals surface area contributed by atoms with Gasteiger partial charge in [0.1, 0.15) is 5.82 Å². The molecule has 0 bridgehead atoms. The summed E-state index contributed by atoms with van der Waals surface area (Å²) in [6.07, 6.45) is 2.80. The van der Waals surface area contributed by atoms with Gasteiger partial charge in [0, 0.05) is 6.04 Å². The zero-order valence-corrected chi connectivity index (χ0v) is 14.6. The summed E-state index contributed by atoms with van der Waals surface area (Å²) in [6, 6.07) is 5.35. The van der Waals surface area contributed by atoms with Crippen LogP contribution >= 0.6 is 27.5 Å². The van der Waals surface area contributed by atoms with Crippen molar-refractivity contribution in [3.63, 3.8) is 0 Å². The fourth-order valence-electron chi connectivity index (χ4n) is 2.30. The van der Waals surface area contributed by atoms with Gasteiger partial charge in [-0.2, -0.15) is 0 Å². The number of likely N-dealkylation sites (N-methyl/N-ethyl adjacent to an activating group) is 1. The molecule has 0 spiro atoms. The van der Waals surface area contributed by atoms with Gasteiger partial charge in [-0.1, -0.05) is 30.8 Å². The van der Waals surface area contributed by atoms with Crippen LogP contribution in [0.25, 0.3) is 0 Å². The van der Waals surface area contributed by atoms with E-state index in [1.807, 2.05) is 12.1 Å². The number of halogens is 2. The van der Waals surface area contributed by atoms with E-state index >= 15 is 0 Å². The quantitative estimate of drug-likeness (QED) is 0.788. The van der Waals surface area contributed by atoms with Gasteiger partial charge in [0.25, 0.3) is 0 Å². The Labute approximate surface area is 137 Å². The van der Waals surface area contributed by atoms with E-state index in [0.29, 0.717) is 4.47 Å². The van der Waals surface area contributed by atoms with E-state index in [1.54, 1.807) is 0 Å². The Morgan fingerprint density at radius 2 is 2.19 bits per heavy atom. The second-order valence-corrected chi connectivity index (χ2v) is 6.54. The van der Waals surface area contributed by atoms with Gasteiger partial charge in [-0.3, -0.25) is 0 Å². The number of benzene rings is 1. The lowest BCUT2D eigenvalue weighted by Gasteiger charge is -2.17. The van der Waals surface area contributed by atoms with Crippen LogP contribution in [0.1, 0.15) is 42.4 Å². The van der Waals surface area contributed by atoms with E-state index in [0.717, 1.165) is 37.1 Å². The van der Waals surface area contributed by atoms with Crippen molar-refractivity contribution in [3.8, 4) is 0 Å². The van der Waals surface area contributed by atoms with E-state index in [-0.39, 0.29) is 11.9 Å². The number of aromatic nitrogens is 2. The van der Waals surface area contributed by atoms with E-state index < -0.39 is 0 Å². The minimum atomic E-state index is -0.232. The Morgan fingerprint density at radius 3 is 2.86 bits per heavy atom. The van der Waals surface area contributed by atoms with Gasteiger partial charge in [0.2, 0.25) is 0 Å². The third kappa shape index (κ3) is 4.31. The summed E-state index contributed by atoms with van der Waals surface area (Å²) in [7, 11) is 0. The van der Waals surface area contributed by atoms with Crippen LogP contribution in [0.3, 0.4) is 0 Å². The standard InChI is InChI=1S/C15H19BrFN3S/c1-3-5-13-15(21-20-19-13)14(18-4-2)9-10-6-7-12(17)11(16)8-10/h6-8,14,18H,3-5,9H2,1-2H3. The molecular formula is C15H19BrFN3S. The van der Waals surface area contributed by atoms with Gasteiger partial charge in [0.15, 0.2) is 0 Å². The molecule has 0 amide bonds. The van der Waals surface area contributed by atoms with Gasteiger partial charge in [-0.05, 0) is 64.5 Å². The first kappa shape index (κ1) is 16.5. The third-order valence-corrected chi connectivity index (χ3v) is 4.75. The first-order chi connectivity index (χ1) is 10.2. The molecule has 0 aliphatic heterocycles. The molecule has 6 heteroatoms. The number of rotatable bonds is 7. The monoisotopic (exact) mass is 371 g/mol. The van der Waals surface area contributed by atoms with Crippen molar-refractivity contribution < 1.29 is 4.39 Å². The molecule has 3 nitrogen and oxygen atoms in total. The van der Waals surface area contributed by atoms with Crippen LogP contribution in [0.4, 0.5) is 4.39 Å². The summed E-state index contributed by atoms with van der Waals surface area (Å²) in [6.45, 7) is 5.10. The van der Waals surface area contributed by atoms with Gasteiger partial charge >= 0.3 is 0 Å². The fourth-order valence-corrected chi connectivity index (χ4v) is 3.49. The molecule has 1 unspecified atom stereocenters. The highest BCUT2D eigenvalue weighted by molar-refractivity contribution is 9.10. The number of aryl methyl sites for hydroxylation is 1. The summed E-state index contributed by atoms with van der Waals surface area (Å²) >= 11 is 4.70. The number of nitrogens with zero attached hydrogens (tertiary/aromatic N) is 2. The van der Waals surface area contributed by atoms with Gasteiger partial charge < -0.3 is 5.32 Å². The molecule has 21 heavy (non-hydrogen) atoms. The average molecular weight is 372 g/mol. The minimum Gasteiger partial charge on any atom is -0.309 e. The Bertz CT molecular complexity index is 588. The van der Waals surface area contributed by atoms with Crippen molar-refractivity contribution in [1.29, 1.82) is 0 Å². The minimum absolute atomic E-state index is 0.175. The molecule has 0 radical (unpaired) electrons. The van der Waals surface area contributed by atoms with Crippen molar-refractivity contribution in [3.05, 3.63) is 44.6 Å². The van der Waals surface area contributed by atoms with E-state index in [9.17, 15) is 4.39 Å². The Kier molecular flexibility index (Phi) is 6.26. The number of hydrogen-bond acceptors (Lipinski definition) is 4. The summed E-state index contributed by atoms with van der Waals surface area (Å²) in [5.74, 6) is -0.232. The second kappa shape index (κ2) is 7.96. The lowest BCUT2D eigenvalue weighted by molar-refractivity contribution is 0.550. The van der Waals surface area contributed by atoms with Crippen LogP contribution in [0, 0.1) is 5.82 Å². The maximum atomic E-state index is 13.3. The van der Waals surface area contributed by atoms with Crippen LogP contribution in [0.2, 0.25) is 0 Å². The van der Waals surface area contributed by atoms with Crippen molar-refractivity contribution >= 4 is 27.5 Å². The van der Waals surface area contributed by atoms with Crippen molar-refractivity contribution in [1.82, 2.24) is 14.9 Å². The van der Waals surface area contributed by atoms with Crippen LogP contribution in [-0.4, -0.2) is 16.1 Å². The molecule has 1 aromatic heterocycles. The molecule has 0 saturated carbocycles. The SMILES string of the molecule is CCCc1nnsc1C(Cc1ccc(F)c(Br)c1)NCC. The summed E-state index contributed by atoms with van der Waals surface area (Å²) in [4.78, 5) is 1.19. The third-order valence-electron chi connectivity index (χ3n) is 3.26. The van der Waals surface area contributed by atoms with Gasteiger partial charge in [-0.15, -0.1) is 5.10 Å². The van der Waals surface area contributed by atoms with Gasteiger partial charge in [0.05, 0.1) is 15.0 Å². The molecule has 0 aliphatic rings. The number of hydrogen-bond donors (Lipinski definition) is 1. The maximum Gasteiger partial charge on any atom is 0.137 e. The van der Waals surface area contributed by atoms with Crippen molar-refractivity contribution in [2.24, 2.45) is 0 Å². The van der Waals surface area contributed by atoms with Crippen LogP contribution < -0.4 is 5.32 Å². The largest absolute Gasteiger partial charge is 0.309 e. The van der Waals surface area contributed by atoms with Gasteiger partial charge in [-0.25, -0.2) is 4.39 Å². The Morgan fingerprint density at radius 1 is 1.38 bits per heavy atom. The summed E-state index contributed by atoms with van der Waals surface area (Å²) in [5, 5.41) is 7.73. The van der Waals surface area contributed by atoms with Crippen LogP contribution in [-0.2, 0) is 12.8 Å². The highest BCUT2D eigenvalue weighted by Crippen LogP contribution is 2.26. The molecular weight excluding hydrogens is 353 g/mol. The van der Waals surface area contributed by atoms with Crippen LogP contribution in [0.15, 0.2) is 22.7 Å². The number of nitrogens with one attached hydrogen (secondary N) is 1.